The number of sulfonamides is 1. The van der Waals surface area contributed by atoms with E-state index in [-0.39, 0.29) is 4.90 Å². The normalized spacial score (nSPS) is 11.7. The molecule has 1 aromatic carbocycles. The lowest BCUT2D eigenvalue weighted by atomic mass is 10.2. The average molecular weight is 324 g/mol. The molecule has 0 atom stereocenters. The van der Waals surface area contributed by atoms with E-state index < -0.39 is 15.8 Å². The number of hydrogen-bond acceptors (Lipinski definition) is 2. The first-order valence-electron chi connectivity index (χ1n) is 5.29. The summed E-state index contributed by atoms with van der Waals surface area (Å²) < 4.78 is 39.2. The molecule has 0 spiro atoms. The van der Waals surface area contributed by atoms with Crippen LogP contribution in [0, 0.1) is 12.7 Å². The van der Waals surface area contributed by atoms with Crippen LogP contribution in [-0.2, 0) is 10.0 Å². The molecule has 0 heterocycles. The zero-order valence-electron chi connectivity index (χ0n) is 9.54. The Bertz CT molecular complexity index is 476. The van der Waals surface area contributed by atoms with E-state index in [2.05, 4.69) is 20.7 Å². The molecule has 0 aromatic heterocycles. The van der Waals surface area contributed by atoms with E-state index in [0.29, 0.717) is 12.1 Å². The minimum atomic E-state index is -3.60. The van der Waals surface area contributed by atoms with Gasteiger partial charge in [0.25, 0.3) is 0 Å². The van der Waals surface area contributed by atoms with Crippen molar-refractivity contribution in [3.8, 4) is 0 Å². The standard InChI is InChI=1S/C11H15BrFNO2S/c1-9-4-5-10(13)8-11(9)17(15,16)14-7-3-2-6-12/h4-5,8,14H,2-3,6-7H2,1H3. The maximum atomic E-state index is 13.0. The highest BCUT2D eigenvalue weighted by atomic mass is 79.9. The van der Waals surface area contributed by atoms with E-state index >= 15 is 0 Å². The molecule has 0 unspecified atom stereocenters. The largest absolute Gasteiger partial charge is 0.240 e. The number of aryl methyl sites for hydroxylation is 1. The van der Waals surface area contributed by atoms with E-state index in [1.165, 1.54) is 12.1 Å². The Morgan fingerprint density at radius 2 is 2.06 bits per heavy atom. The topological polar surface area (TPSA) is 46.2 Å². The Balaban J connectivity index is 2.79. The van der Waals surface area contributed by atoms with Crippen molar-refractivity contribution in [2.75, 3.05) is 11.9 Å². The van der Waals surface area contributed by atoms with Crippen molar-refractivity contribution in [3.05, 3.63) is 29.6 Å². The molecule has 1 aromatic rings. The second kappa shape index (κ2) is 6.47. The average Bonchev–Trinajstić information content (AvgIpc) is 2.28. The molecule has 0 saturated carbocycles. The van der Waals surface area contributed by atoms with Gasteiger partial charge in [-0.25, -0.2) is 17.5 Å². The maximum Gasteiger partial charge on any atom is 0.240 e. The van der Waals surface area contributed by atoms with Gasteiger partial charge in [0.05, 0.1) is 4.90 Å². The molecule has 3 nitrogen and oxygen atoms in total. The SMILES string of the molecule is Cc1ccc(F)cc1S(=O)(=O)NCCCCBr. The third kappa shape index (κ3) is 4.37. The van der Waals surface area contributed by atoms with E-state index in [1.807, 2.05) is 0 Å². The van der Waals surface area contributed by atoms with Crippen molar-refractivity contribution in [1.29, 1.82) is 0 Å². The highest BCUT2D eigenvalue weighted by molar-refractivity contribution is 9.09. The fourth-order valence-electron chi connectivity index (χ4n) is 1.37. The van der Waals surface area contributed by atoms with Crippen LogP contribution in [-0.4, -0.2) is 20.3 Å². The Morgan fingerprint density at radius 3 is 2.71 bits per heavy atom. The zero-order valence-corrected chi connectivity index (χ0v) is 11.9. The molecule has 0 aliphatic rings. The predicted octanol–water partition coefficient (Wildman–Crippen LogP) is 2.59. The summed E-state index contributed by atoms with van der Waals surface area (Å²) in [7, 11) is -3.60. The van der Waals surface area contributed by atoms with Crippen molar-refractivity contribution < 1.29 is 12.8 Å². The van der Waals surface area contributed by atoms with Gasteiger partial charge in [0.15, 0.2) is 0 Å². The van der Waals surface area contributed by atoms with Crippen molar-refractivity contribution in [2.45, 2.75) is 24.7 Å². The first-order chi connectivity index (χ1) is 7.97. The second-order valence-corrected chi connectivity index (χ2v) is 6.23. The molecule has 0 fully saturated rings. The molecule has 1 rings (SSSR count). The quantitative estimate of drug-likeness (QED) is 0.646. The molecule has 96 valence electrons. The third-order valence-corrected chi connectivity index (χ3v) is 4.46. The van der Waals surface area contributed by atoms with Gasteiger partial charge in [0.1, 0.15) is 5.82 Å². The number of benzene rings is 1. The third-order valence-electron chi connectivity index (χ3n) is 2.29. The van der Waals surface area contributed by atoms with E-state index in [0.717, 1.165) is 24.2 Å². The first-order valence-corrected chi connectivity index (χ1v) is 7.89. The Hall–Kier alpha value is -0.460. The van der Waals surface area contributed by atoms with Crippen LogP contribution in [0.5, 0.6) is 0 Å². The van der Waals surface area contributed by atoms with E-state index in [4.69, 9.17) is 0 Å². The van der Waals surface area contributed by atoms with Crippen molar-refractivity contribution in [2.24, 2.45) is 0 Å². The van der Waals surface area contributed by atoms with Gasteiger partial charge in [-0.1, -0.05) is 22.0 Å². The lowest BCUT2D eigenvalue weighted by Gasteiger charge is -2.08. The number of nitrogens with one attached hydrogen (secondary N) is 1. The summed E-state index contributed by atoms with van der Waals surface area (Å²) >= 11 is 3.27. The summed E-state index contributed by atoms with van der Waals surface area (Å²) in [6.45, 7) is 2.01. The van der Waals surface area contributed by atoms with Crippen LogP contribution >= 0.6 is 15.9 Å². The summed E-state index contributed by atoms with van der Waals surface area (Å²) in [6.07, 6.45) is 1.64. The smallest absolute Gasteiger partial charge is 0.211 e. The van der Waals surface area contributed by atoms with Crippen molar-refractivity contribution >= 4 is 26.0 Å². The van der Waals surface area contributed by atoms with Crippen LogP contribution in [0.15, 0.2) is 23.1 Å². The highest BCUT2D eigenvalue weighted by Gasteiger charge is 2.16. The number of rotatable bonds is 6. The predicted molar refractivity (Wildman–Crippen MR) is 69.4 cm³/mol. The van der Waals surface area contributed by atoms with Gasteiger partial charge >= 0.3 is 0 Å². The number of hydrogen-bond donors (Lipinski definition) is 1. The number of unbranched alkanes of at least 4 members (excludes halogenated alkanes) is 1. The molecule has 0 radical (unpaired) electrons. The second-order valence-electron chi connectivity index (χ2n) is 3.70. The molecule has 1 N–H and O–H groups in total. The summed E-state index contributed by atoms with van der Waals surface area (Å²) in [5.74, 6) is -0.545. The van der Waals surface area contributed by atoms with Gasteiger partial charge in [-0.3, -0.25) is 0 Å². The first kappa shape index (κ1) is 14.6. The molecule has 0 amide bonds. The van der Waals surface area contributed by atoms with Crippen LogP contribution in [0.4, 0.5) is 4.39 Å². The molecule has 17 heavy (non-hydrogen) atoms. The lowest BCUT2D eigenvalue weighted by molar-refractivity contribution is 0.574. The molecular weight excluding hydrogens is 309 g/mol. The van der Waals surface area contributed by atoms with Crippen LogP contribution in [0.2, 0.25) is 0 Å². The monoisotopic (exact) mass is 323 g/mol. The van der Waals surface area contributed by atoms with Crippen molar-refractivity contribution in [1.82, 2.24) is 4.72 Å². The Labute approximate surface area is 110 Å². The van der Waals surface area contributed by atoms with Crippen LogP contribution in [0.3, 0.4) is 0 Å². The number of halogens is 2. The van der Waals surface area contributed by atoms with Gasteiger partial charge in [-0.05, 0) is 37.5 Å². The molecule has 0 saturated heterocycles. The van der Waals surface area contributed by atoms with E-state index in [9.17, 15) is 12.8 Å². The lowest BCUT2D eigenvalue weighted by Crippen LogP contribution is -2.25. The number of alkyl halides is 1. The zero-order chi connectivity index (χ0) is 12.9. The van der Waals surface area contributed by atoms with Crippen LogP contribution in [0.25, 0.3) is 0 Å². The summed E-state index contributed by atoms with van der Waals surface area (Å²) in [5.41, 5.74) is 0.541. The molecular formula is C11H15BrFNO2S. The highest BCUT2D eigenvalue weighted by Crippen LogP contribution is 2.16. The fourth-order valence-corrected chi connectivity index (χ4v) is 3.09. The molecule has 0 aliphatic heterocycles. The Kier molecular flexibility index (Phi) is 5.55. The summed E-state index contributed by atoms with van der Waals surface area (Å²) in [6, 6.07) is 3.75. The van der Waals surface area contributed by atoms with Crippen LogP contribution < -0.4 is 4.72 Å². The minimum Gasteiger partial charge on any atom is -0.211 e. The van der Waals surface area contributed by atoms with Gasteiger partial charge in [0.2, 0.25) is 10.0 Å². The van der Waals surface area contributed by atoms with Gasteiger partial charge in [-0.15, -0.1) is 0 Å². The summed E-state index contributed by atoms with van der Waals surface area (Å²) in [4.78, 5) is 0.0105. The molecule has 0 bridgehead atoms. The van der Waals surface area contributed by atoms with Gasteiger partial charge < -0.3 is 0 Å². The fraction of sp³-hybridized carbons (Fsp3) is 0.455. The van der Waals surface area contributed by atoms with E-state index in [1.54, 1.807) is 6.92 Å². The minimum absolute atomic E-state index is 0.0105. The van der Waals surface area contributed by atoms with Crippen LogP contribution in [0.1, 0.15) is 18.4 Å². The van der Waals surface area contributed by atoms with Crippen molar-refractivity contribution in [3.63, 3.8) is 0 Å². The van der Waals surface area contributed by atoms with Gasteiger partial charge in [0, 0.05) is 11.9 Å². The summed E-state index contributed by atoms with van der Waals surface area (Å²) in [5, 5.41) is 0.841. The molecule has 6 heteroatoms. The Morgan fingerprint density at radius 1 is 1.35 bits per heavy atom. The van der Waals surface area contributed by atoms with Gasteiger partial charge in [-0.2, -0.15) is 0 Å². The maximum absolute atomic E-state index is 13.0. The molecule has 0 aliphatic carbocycles.